The molecule has 1 aliphatic rings. The van der Waals surface area contributed by atoms with Gasteiger partial charge in [-0.15, -0.1) is 0 Å². The average molecular weight is 418 g/mol. The van der Waals surface area contributed by atoms with Crippen LogP contribution in [-0.4, -0.2) is 57.7 Å². The van der Waals surface area contributed by atoms with E-state index in [9.17, 15) is 13.2 Å². The molecule has 8 heteroatoms. The summed E-state index contributed by atoms with van der Waals surface area (Å²) in [5.74, 6) is 0.574. The number of hydrogen-bond acceptors (Lipinski definition) is 5. The first-order valence-electron chi connectivity index (χ1n) is 9.71. The van der Waals surface area contributed by atoms with Crippen molar-refractivity contribution in [1.82, 2.24) is 4.31 Å². The fraction of sp³-hybridized carbons (Fsp3) is 0.381. The summed E-state index contributed by atoms with van der Waals surface area (Å²) in [6.07, 6.45) is 2.18. The lowest BCUT2D eigenvalue weighted by Gasteiger charge is -2.34. The predicted octanol–water partition coefficient (Wildman–Crippen LogP) is 2.81. The highest BCUT2D eigenvalue weighted by Gasteiger charge is 2.23. The van der Waals surface area contributed by atoms with Crippen molar-refractivity contribution in [3.05, 3.63) is 54.1 Å². The molecule has 29 heavy (non-hydrogen) atoms. The van der Waals surface area contributed by atoms with Gasteiger partial charge >= 0.3 is 0 Å². The zero-order valence-corrected chi connectivity index (χ0v) is 17.6. The zero-order chi connectivity index (χ0) is 20.9. The third-order valence-electron chi connectivity index (χ3n) is 4.79. The summed E-state index contributed by atoms with van der Waals surface area (Å²) in [5.41, 5.74) is 2.28. The molecular formula is C21H27N3O4S. The van der Waals surface area contributed by atoms with Crippen LogP contribution in [0.3, 0.4) is 0 Å². The molecule has 0 bridgehead atoms. The van der Waals surface area contributed by atoms with Crippen LogP contribution in [0.2, 0.25) is 0 Å². The third-order valence-corrected chi connectivity index (χ3v) is 6.09. The highest BCUT2D eigenvalue weighted by molar-refractivity contribution is 7.88. The first kappa shape index (κ1) is 21.1. The molecule has 7 nitrogen and oxygen atoms in total. The van der Waals surface area contributed by atoms with Crippen LogP contribution in [0.1, 0.15) is 23.7 Å². The summed E-state index contributed by atoms with van der Waals surface area (Å²) in [4.78, 5) is 14.6. The lowest BCUT2D eigenvalue weighted by Crippen LogP contribution is -2.48. The maximum absolute atomic E-state index is 12.4. The summed E-state index contributed by atoms with van der Waals surface area (Å²) in [7, 11) is -3.13. The number of hydrogen-bond donors (Lipinski definition) is 1. The number of piperazine rings is 1. The van der Waals surface area contributed by atoms with Gasteiger partial charge in [0.2, 0.25) is 10.0 Å². The molecule has 1 heterocycles. The molecule has 0 radical (unpaired) electrons. The number of sulfonamides is 1. The predicted molar refractivity (Wildman–Crippen MR) is 115 cm³/mol. The lowest BCUT2D eigenvalue weighted by atomic mass is 10.2. The van der Waals surface area contributed by atoms with Gasteiger partial charge in [0, 0.05) is 43.1 Å². The van der Waals surface area contributed by atoms with E-state index in [0.29, 0.717) is 44.0 Å². The van der Waals surface area contributed by atoms with Crippen LogP contribution in [0.25, 0.3) is 0 Å². The molecular weight excluding hydrogens is 390 g/mol. The summed E-state index contributed by atoms with van der Waals surface area (Å²) < 4.78 is 30.3. The molecule has 1 aliphatic heterocycles. The van der Waals surface area contributed by atoms with Gasteiger partial charge in [-0.2, -0.15) is 4.31 Å². The number of benzene rings is 2. The van der Waals surface area contributed by atoms with Crippen LogP contribution in [0.5, 0.6) is 5.75 Å². The number of amides is 1. The largest absolute Gasteiger partial charge is 0.494 e. The van der Waals surface area contributed by atoms with Crippen molar-refractivity contribution < 1.29 is 17.9 Å². The molecule has 0 spiro atoms. The van der Waals surface area contributed by atoms with Crippen molar-refractivity contribution in [2.24, 2.45) is 0 Å². The maximum atomic E-state index is 12.4. The summed E-state index contributed by atoms with van der Waals surface area (Å²) in [6.45, 7) is 4.95. The van der Waals surface area contributed by atoms with Crippen LogP contribution in [0.15, 0.2) is 48.5 Å². The Labute approximate surface area is 172 Å². The number of nitrogens with one attached hydrogen (secondary N) is 1. The first-order chi connectivity index (χ1) is 13.9. The smallest absolute Gasteiger partial charge is 0.255 e. The molecule has 2 aromatic carbocycles. The normalized spacial score (nSPS) is 15.2. The van der Waals surface area contributed by atoms with Crippen molar-refractivity contribution in [3.63, 3.8) is 0 Å². The second kappa shape index (κ2) is 9.28. The quantitative estimate of drug-likeness (QED) is 0.749. The van der Waals surface area contributed by atoms with Gasteiger partial charge in [0.15, 0.2) is 0 Å². The highest BCUT2D eigenvalue weighted by atomic mass is 32.2. The van der Waals surface area contributed by atoms with Gasteiger partial charge < -0.3 is 15.0 Å². The van der Waals surface area contributed by atoms with Gasteiger partial charge in [-0.05, 0) is 55.0 Å². The maximum Gasteiger partial charge on any atom is 0.255 e. The Hall–Kier alpha value is -2.58. The van der Waals surface area contributed by atoms with E-state index in [-0.39, 0.29) is 5.91 Å². The second-order valence-electron chi connectivity index (χ2n) is 7.02. The summed E-state index contributed by atoms with van der Waals surface area (Å²) in [6, 6.07) is 14.7. The van der Waals surface area contributed by atoms with E-state index in [1.807, 2.05) is 31.2 Å². The van der Waals surface area contributed by atoms with Gasteiger partial charge in [0.05, 0.1) is 12.9 Å². The minimum absolute atomic E-state index is 0.179. The number of rotatable bonds is 7. The van der Waals surface area contributed by atoms with Crippen LogP contribution in [0, 0.1) is 0 Å². The van der Waals surface area contributed by atoms with E-state index >= 15 is 0 Å². The molecule has 0 unspecified atom stereocenters. The number of anilines is 2. The van der Waals surface area contributed by atoms with Crippen molar-refractivity contribution in [3.8, 4) is 5.75 Å². The van der Waals surface area contributed by atoms with E-state index in [0.717, 1.165) is 17.9 Å². The molecule has 3 rings (SSSR count). The lowest BCUT2D eigenvalue weighted by molar-refractivity contribution is 0.102. The third kappa shape index (κ3) is 5.71. The monoisotopic (exact) mass is 417 g/mol. The minimum atomic E-state index is -3.13. The summed E-state index contributed by atoms with van der Waals surface area (Å²) >= 11 is 0. The topological polar surface area (TPSA) is 79.0 Å². The van der Waals surface area contributed by atoms with Crippen molar-refractivity contribution >= 4 is 27.3 Å². The highest BCUT2D eigenvalue weighted by Crippen LogP contribution is 2.21. The Bertz CT molecular complexity index is 919. The van der Waals surface area contributed by atoms with Crippen molar-refractivity contribution in [2.75, 3.05) is 49.3 Å². The van der Waals surface area contributed by atoms with Crippen LogP contribution in [0.4, 0.5) is 11.4 Å². The van der Waals surface area contributed by atoms with E-state index in [2.05, 4.69) is 10.2 Å². The van der Waals surface area contributed by atoms with Crippen molar-refractivity contribution in [2.45, 2.75) is 13.3 Å². The fourth-order valence-corrected chi connectivity index (χ4v) is 3.99. The molecule has 2 aromatic rings. The Morgan fingerprint density at radius 1 is 1.00 bits per heavy atom. The van der Waals surface area contributed by atoms with Crippen LogP contribution < -0.4 is 15.0 Å². The Kier molecular flexibility index (Phi) is 6.76. The van der Waals surface area contributed by atoms with E-state index in [1.165, 1.54) is 10.6 Å². The van der Waals surface area contributed by atoms with Crippen LogP contribution >= 0.6 is 0 Å². The molecule has 156 valence electrons. The number of nitrogens with zero attached hydrogens (tertiary/aromatic N) is 2. The van der Waals surface area contributed by atoms with Gasteiger partial charge in [0.1, 0.15) is 5.75 Å². The van der Waals surface area contributed by atoms with E-state index in [1.54, 1.807) is 24.3 Å². The molecule has 0 saturated carbocycles. The summed E-state index contributed by atoms with van der Waals surface area (Å²) in [5, 5.41) is 2.89. The Morgan fingerprint density at radius 3 is 2.17 bits per heavy atom. The molecule has 1 saturated heterocycles. The molecule has 1 N–H and O–H groups in total. The van der Waals surface area contributed by atoms with E-state index in [4.69, 9.17) is 4.74 Å². The molecule has 1 fully saturated rings. The van der Waals surface area contributed by atoms with Gasteiger partial charge in [-0.3, -0.25) is 4.79 Å². The average Bonchev–Trinajstić information content (AvgIpc) is 2.72. The number of ether oxygens (including phenoxy) is 1. The van der Waals surface area contributed by atoms with Gasteiger partial charge in [-0.25, -0.2) is 8.42 Å². The van der Waals surface area contributed by atoms with Crippen LogP contribution in [-0.2, 0) is 10.0 Å². The fourth-order valence-electron chi connectivity index (χ4n) is 3.16. The molecule has 0 aliphatic carbocycles. The standard InChI is InChI=1S/C21H27N3O4S/c1-3-16-28-20-10-4-17(5-11-20)21(25)22-18-6-8-19(9-7-18)23-12-14-24(15-13-23)29(2,26)27/h4-11H,3,12-16H2,1-2H3,(H,22,25). The molecule has 0 aromatic heterocycles. The SMILES string of the molecule is CCCOc1ccc(C(=O)Nc2ccc(N3CCN(S(C)(=O)=O)CC3)cc2)cc1. The Morgan fingerprint density at radius 2 is 1.62 bits per heavy atom. The first-order valence-corrected chi connectivity index (χ1v) is 11.6. The second-order valence-corrected chi connectivity index (χ2v) is 9.01. The number of carbonyl (C=O) groups excluding carboxylic acids is 1. The van der Waals surface area contributed by atoms with Crippen molar-refractivity contribution in [1.29, 1.82) is 0 Å². The van der Waals surface area contributed by atoms with Gasteiger partial charge in [0.25, 0.3) is 5.91 Å². The zero-order valence-electron chi connectivity index (χ0n) is 16.8. The molecule has 0 atom stereocenters. The Balaban J connectivity index is 1.56. The number of carbonyl (C=O) groups is 1. The molecule has 1 amide bonds. The van der Waals surface area contributed by atoms with Gasteiger partial charge in [-0.1, -0.05) is 6.92 Å². The minimum Gasteiger partial charge on any atom is -0.494 e. The van der Waals surface area contributed by atoms with E-state index < -0.39 is 10.0 Å².